The van der Waals surface area contributed by atoms with E-state index in [4.69, 9.17) is 5.53 Å². The van der Waals surface area contributed by atoms with Crippen LogP contribution in [-0.2, 0) is 4.94 Å². The maximum absolute atomic E-state index is 10.8. The zero-order chi connectivity index (χ0) is 6.24. The smallest absolute Gasteiger partial charge is 0.0877 e. The molecule has 0 fully saturated rings. The largest absolute Gasteiger partial charge is 0.194 e. The number of azide groups is 1. The van der Waals surface area contributed by atoms with E-state index in [1.54, 1.807) is 0 Å². The quantitative estimate of drug-likeness (QED) is 0.240. The molecule has 0 amide bonds. The van der Waals surface area contributed by atoms with Gasteiger partial charge in [-0.3, -0.25) is 0 Å². The summed E-state index contributed by atoms with van der Waals surface area (Å²) in [6.07, 6.45) is 0.431. The Morgan fingerprint density at radius 1 is 1.75 bits per heavy atom. The standard InChI is InChI=1S/C3H6FN3O/c4-8-3-1-2-6-7-5/h1-3H2. The van der Waals surface area contributed by atoms with E-state index in [2.05, 4.69) is 15.0 Å². The van der Waals surface area contributed by atoms with Crippen LogP contribution in [0.3, 0.4) is 0 Å². The Morgan fingerprint density at radius 2 is 2.50 bits per heavy atom. The van der Waals surface area contributed by atoms with Gasteiger partial charge in [0.05, 0.1) is 6.61 Å². The number of hydrogen-bond acceptors (Lipinski definition) is 2. The topological polar surface area (TPSA) is 58.0 Å². The van der Waals surface area contributed by atoms with Gasteiger partial charge in [-0.05, 0) is 16.5 Å². The van der Waals surface area contributed by atoms with E-state index in [1.165, 1.54) is 0 Å². The van der Waals surface area contributed by atoms with Crippen LogP contribution in [0.15, 0.2) is 5.11 Å². The molecule has 0 aromatic rings. The van der Waals surface area contributed by atoms with Crippen LogP contribution in [-0.4, -0.2) is 13.2 Å². The highest BCUT2D eigenvalue weighted by Gasteiger charge is 1.81. The molecule has 0 atom stereocenters. The summed E-state index contributed by atoms with van der Waals surface area (Å²) in [4.78, 5) is 5.66. The first-order valence-electron chi connectivity index (χ1n) is 2.16. The molecule has 0 heterocycles. The zero-order valence-corrected chi connectivity index (χ0v) is 4.25. The summed E-state index contributed by atoms with van der Waals surface area (Å²) in [5.41, 5.74) is 7.69. The lowest BCUT2D eigenvalue weighted by molar-refractivity contribution is -0.132. The third kappa shape index (κ3) is 5.20. The van der Waals surface area contributed by atoms with Crippen molar-refractivity contribution in [1.29, 1.82) is 0 Å². The average molecular weight is 119 g/mol. The van der Waals surface area contributed by atoms with Crippen LogP contribution >= 0.6 is 0 Å². The van der Waals surface area contributed by atoms with Crippen molar-refractivity contribution in [3.8, 4) is 0 Å². The fourth-order valence-corrected chi connectivity index (χ4v) is 0.235. The molecule has 4 nitrogen and oxygen atoms in total. The van der Waals surface area contributed by atoms with Gasteiger partial charge < -0.3 is 0 Å². The van der Waals surface area contributed by atoms with Crippen LogP contribution < -0.4 is 0 Å². The third-order valence-electron chi connectivity index (χ3n) is 0.543. The van der Waals surface area contributed by atoms with Gasteiger partial charge >= 0.3 is 0 Å². The van der Waals surface area contributed by atoms with Crippen molar-refractivity contribution in [1.82, 2.24) is 0 Å². The SMILES string of the molecule is [N-]=[N+]=NCCCOF. The summed E-state index contributed by atoms with van der Waals surface area (Å²) in [6.45, 7) is 0.291. The number of halogens is 1. The molecule has 0 aliphatic rings. The second kappa shape index (κ2) is 6.20. The first-order chi connectivity index (χ1) is 3.91. The van der Waals surface area contributed by atoms with E-state index < -0.39 is 0 Å². The normalized spacial score (nSPS) is 8.12. The van der Waals surface area contributed by atoms with Gasteiger partial charge in [0.25, 0.3) is 0 Å². The molecule has 0 aliphatic carbocycles. The molecule has 46 valence electrons. The van der Waals surface area contributed by atoms with Crippen molar-refractivity contribution in [3.05, 3.63) is 10.4 Å². The predicted octanol–water partition coefficient (Wildman–Crippen LogP) is 1.59. The highest BCUT2D eigenvalue weighted by Crippen LogP contribution is 1.83. The van der Waals surface area contributed by atoms with E-state index in [-0.39, 0.29) is 6.61 Å². The van der Waals surface area contributed by atoms with Gasteiger partial charge in [0, 0.05) is 11.5 Å². The first kappa shape index (κ1) is 7.20. The lowest BCUT2D eigenvalue weighted by Gasteiger charge is -1.85. The van der Waals surface area contributed by atoms with E-state index in [0.717, 1.165) is 0 Å². The van der Waals surface area contributed by atoms with Crippen LogP contribution in [0.25, 0.3) is 10.4 Å². The number of hydrogen-bond donors (Lipinski definition) is 0. The second-order valence-electron chi connectivity index (χ2n) is 1.12. The molecule has 0 N–H and O–H groups in total. The van der Waals surface area contributed by atoms with Crippen molar-refractivity contribution < 1.29 is 9.47 Å². The lowest BCUT2D eigenvalue weighted by atomic mass is 10.5. The third-order valence-corrected chi connectivity index (χ3v) is 0.543. The molecule has 0 radical (unpaired) electrons. The minimum atomic E-state index is -0.000972. The Labute approximate surface area is 45.8 Å². The Kier molecular flexibility index (Phi) is 5.58. The van der Waals surface area contributed by atoms with Gasteiger partial charge in [-0.1, -0.05) is 5.11 Å². The van der Waals surface area contributed by atoms with Gasteiger partial charge in [-0.15, -0.1) is 0 Å². The molecule has 0 aromatic heterocycles. The van der Waals surface area contributed by atoms with E-state index in [0.29, 0.717) is 13.0 Å². The Bertz CT molecular complexity index is 90.5. The molecule has 0 bridgehead atoms. The summed E-state index contributed by atoms with van der Waals surface area (Å²) < 4.78 is 10.8. The van der Waals surface area contributed by atoms with E-state index in [1.807, 2.05) is 0 Å². The molecule has 0 spiro atoms. The number of rotatable bonds is 4. The van der Waals surface area contributed by atoms with Gasteiger partial charge in [0.1, 0.15) is 0 Å². The lowest BCUT2D eigenvalue weighted by Crippen LogP contribution is -1.86. The van der Waals surface area contributed by atoms with Crippen molar-refractivity contribution >= 4 is 0 Å². The van der Waals surface area contributed by atoms with Crippen molar-refractivity contribution in [2.45, 2.75) is 6.42 Å². The van der Waals surface area contributed by atoms with Gasteiger partial charge in [0.15, 0.2) is 0 Å². The average Bonchev–Trinajstić information content (AvgIpc) is 1.81. The molecule has 8 heavy (non-hydrogen) atoms. The van der Waals surface area contributed by atoms with Gasteiger partial charge in [-0.25, -0.2) is 0 Å². The fourth-order valence-electron chi connectivity index (χ4n) is 0.235. The summed E-state index contributed by atoms with van der Waals surface area (Å²) in [7, 11) is 0. The minimum Gasteiger partial charge on any atom is -0.194 e. The minimum absolute atomic E-state index is 0.000972. The van der Waals surface area contributed by atoms with Crippen molar-refractivity contribution in [2.24, 2.45) is 5.11 Å². The molecule has 0 aromatic carbocycles. The van der Waals surface area contributed by atoms with Crippen molar-refractivity contribution in [3.63, 3.8) is 0 Å². The van der Waals surface area contributed by atoms with Crippen LogP contribution in [0.5, 0.6) is 0 Å². The molecular formula is C3H6FN3O. The van der Waals surface area contributed by atoms with E-state index >= 15 is 0 Å². The summed E-state index contributed by atoms with van der Waals surface area (Å²) in [5, 5.41) is 3.14. The summed E-state index contributed by atoms with van der Waals surface area (Å²) in [6, 6.07) is 0. The molecule has 5 heteroatoms. The Hall–Kier alpha value is -0.800. The Morgan fingerprint density at radius 3 is 3.00 bits per heavy atom. The maximum Gasteiger partial charge on any atom is 0.0877 e. The van der Waals surface area contributed by atoms with E-state index in [9.17, 15) is 4.53 Å². The second-order valence-corrected chi connectivity index (χ2v) is 1.12. The van der Waals surface area contributed by atoms with Gasteiger partial charge in [0.2, 0.25) is 0 Å². The highest BCUT2D eigenvalue weighted by molar-refractivity contribution is 4.44. The molecule has 0 saturated heterocycles. The first-order valence-corrected chi connectivity index (χ1v) is 2.16. The molecule has 0 saturated carbocycles. The molecule has 0 rings (SSSR count). The highest BCUT2D eigenvalue weighted by atomic mass is 19.3. The molecule has 0 aliphatic heterocycles. The maximum atomic E-state index is 10.8. The molecule has 0 unspecified atom stereocenters. The van der Waals surface area contributed by atoms with Crippen LogP contribution in [0.1, 0.15) is 6.42 Å². The summed E-state index contributed by atoms with van der Waals surface area (Å²) in [5.74, 6) is 0. The fraction of sp³-hybridized carbons (Fsp3) is 1.00. The summed E-state index contributed by atoms with van der Waals surface area (Å²) >= 11 is 0. The predicted molar refractivity (Wildman–Crippen MR) is 25.7 cm³/mol. The van der Waals surface area contributed by atoms with Crippen LogP contribution in [0.4, 0.5) is 4.53 Å². The Balaban J connectivity index is 2.82. The van der Waals surface area contributed by atoms with Crippen molar-refractivity contribution in [2.75, 3.05) is 13.2 Å². The van der Waals surface area contributed by atoms with Crippen LogP contribution in [0.2, 0.25) is 0 Å². The van der Waals surface area contributed by atoms with Gasteiger partial charge in [-0.2, -0.15) is 4.94 Å². The monoisotopic (exact) mass is 119 g/mol. The molecular weight excluding hydrogens is 113 g/mol. The number of nitrogens with zero attached hydrogens (tertiary/aromatic N) is 3. The van der Waals surface area contributed by atoms with Crippen LogP contribution in [0, 0.1) is 0 Å². The zero-order valence-electron chi connectivity index (χ0n) is 4.25.